The molecule has 21 heavy (non-hydrogen) atoms. The van der Waals surface area contributed by atoms with Gasteiger partial charge in [-0.3, -0.25) is 0 Å². The summed E-state index contributed by atoms with van der Waals surface area (Å²) in [6.45, 7) is 4.56. The Morgan fingerprint density at radius 2 is 2.38 bits per heavy atom. The van der Waals surface area contributed by atoms with Crippen LogP contribution >= 0.6 is 15.9 Å². The lowest BCUT2D eigenvalue weighted by molar-refractivity contribution is -0.131. The molecule has 1 atom stereocenters. The van der Waals surface area contributed by atoms with Crippen LogP contribution in [-0.2, 0) is 9.53 Å². The van der Waals surface area contributed by atoms with Crippen LogP contribution in [0.2, 0.25) is 0 Å². The van der Waals surface area contributed by atoms with Crippen molar-refractivity contribution < 1.29 is 14.6 Å². The smallest absolute Gasteiger partial charge is 0.328 e. The zero-order chi connectivity index (χ0) is 15.2. The van der Waals surface area contributed by atoms with E-state index >= 15 is 0 Å². The van der Waals surface area contributed by atoms with Crippen LogP contribution in [0.5, 0.6) is 0 Å². The third kappa shape index (κ3) is 4.58. The van der Waals surface area contributed by atoms with Crippen LogP contribution < -0.4 is 4.90 Å². The van der Waals surface area contributed by atoms with Crippen LogP contribution in [0, 0.1) is 0 Å². The number of halogens is 1. The minimum Gasteiger partial charge on any atom is -0.478 e. The van der Waals surface area contributed by atoms with Gasteiger partial charge in [-0.2, -0.15) is 0 Å². The van der Waals surface area contributed by atoms with Crippen molar-refractivity contribution in [2.75, 3.05) is 24.6 Å². The maximum absolute atomic E-state index is 10.8. The molecule has 1 fully saturated rings. The number of ether oxygens (including phenoxy) is 1. The van der Waals surface area contributed by atoms with Gasteiger partial charge in [0, 0.05) is 35.9 Å². The van der Waals surface area contributed by atoms with Crippen LogP contribution in [0.15, 0.2) is 28.7 Å². The highest BCUT2D eigenvalue weighted by molar-refractivity contribution is 9.10. The summed E-state index contributed by atoms with van der Waals surface area (Å²) in [6.07, 6.45) is 5.25. The summed E-state index contributed by atoms with van der Waals surface area (Å²) in [7, 11) is 0. The van der Waals surface area contributed by atoms with Crippen LogP contribution in [0.3, 0.4) is 0 Å². The van der Waals surface area contributed by atoms with E-state index in [1.165, 1.54) is 6.08 Å². The van der Waals surface area contributed by atoms with E-state index < -0.39 is 5.97 Å². The number of carbonyl (C=O) groups is 1. The van der Waals surface area contributed by atoms with Gasteiger partial charge in [-0.1, -0.05) is 15.9 Å². The van der Waals surface area contributed by atoms with Crippen LogP contribution in [0.1, 0.15) is 25.3 Å². The number of piperidine rings is 1. The summed E-state index contributed by atoms with van der Waals surface area (Å²) in [6, 6.07) is 5.96. The van der Waals surface area contributed by atoms with Gasteiger partial charge in [-0.05, 0) is 49.6 Å². The largest absolute Gasteiger partial charge is 0.478 e. The molecule has 5 heteroatoms. The number of hydrogen-bond donors (Lipinski definition) is 1. The second-order valence-corrected chi connectivity index (χ2v) is 5.96. The van der Waals surface area contributed by atoms with E-state index in [1.807, 2.05) is 25.1 Å². The summed E-state index contributed by atoms with van der Waals surface area (Å²) in [5, 5.41) is 8.83. The molecule has 1 aliphatic rings. The van der Waals surface area contributed by atoms with Gasteiger partial charge in [0.25, 0.3) is 0 Å². The van der Waals surface area contributed by atoms with Crippen LogP contribution in [-0.4, -0.2) is 36.9 Å². The van der Waals surface area contributed by atoms with E-state index in [4.69, 9.17) is 9.84 Å². The molecule has 0 bridgehead atoms. The Bertz CT molecular complexity index is 528. The zero-order valence-corrected chi connectivity index (χ0v) is 13.7. The maximum atomic E-state index is 10.8. The number of anilines is 1. The zero-order valence-electron chi connectivity index (χ0n) is 12.1. The van der Waals surface area contributed by atoms with Gasteiger partial charge in [0.1, 0.15) is 0 Å². The molecule has 4 nitrogen and oxygen atoms in total. The third-order valence-corrected chi connectivity index (χ3v) is 4.01. The molecule has 2 rings (SSSR count). The summed E-state index contributed by atoms with van der Waals surface area (Å²) < 4.78 is 6.67. The molecule has 1 aromatic rings. The van der Waals surface area contributed by atoms with Gasteiger partial charge in [0.2, 0.25) is 0 Å². The van der Waals surface area contributed by atoms with Crippen molar-refractivity contribution in [1.29, 1.82) is 0 Å². The van der Waals surface area contributed by atoms with E-state index in [-0.39, 0.29) is 6.10 Å². The fraction of sp³-hybridized carbons (Fsp3) is 0.438. The SMILES string of the molecule is CCOC1CCCN(c2ccc(Br)cc2/C=C/C(=O)O)C1. The normalized spacial score (nSPS) is 19.1. The average molecular weight is 354 g/mol. The van der Waals surface area contributed by atoms with Crippen molar-refractivity contribution in [3.05, 3.63) is 34.3 Å². The van der Waals surface area contributed by atoms with E-state index in [9.17, 15) is 4.79 Å². The molecule has 0 aromatic heterocycles. The first-order chi connectivity index (χ1) is 10.1. The fourth-order valence-corrected chi connectivity index (χ4v) is 3.02. The topological polar surface area (TPSA) is 49.8 Å². The molecule has 114 valence electrons. The first-order valence-corrected chi connectivity index (χ1v) is 7.96. The van der Waals surface area contributed by atoms with Crippen molar-refractivity contribution in [1.82, 2.24) is 0 Å². The Labute approximate surface area is 133 Å². The maximum Gasteiger partial charge on any atom is 0.328 e. The van der Waals surface area contributed by atoms with Gasteiger partial charge in [-0.15, -0.1) is 0 Å². The summed E-state index contributed by atoms with van der Waals surface area (Å²) in [5.74, 6) is -0.938. The molecule has 0 spiro atoms. The van der Waals surface area contributed by atoms with Crippen LogP contribution in [0.25, 0.3) is 6.08 Å². The van der Waals surface area contributed by atoms with E-state index in [0.717, 1.165) is 48.3 Å². The summed E-state index contributed by atoms with van der Waals surface area (Å²) in [4.78, 5) is 13.0. The first-order valence-electron chi connectivity index (χ1n) is 7.17. The number of carboxylic acids is 1. The molecule has 0 amide bonds. The Hall–Kier alpha value is -1.33. The predicted octanol–water partition coefficient (Wildman–Crippen LogP) is 3.55. The second kappa shape index (κ2) is 7.61. The Balaban J connectivity index is 2.23. The molecule has 1 unspecified atom stereocenters. The minimum absolute atomic E-state index is 0.253. The number of carboxylic acid groups (broad SMARTS) is 1. The Kier molecular flexibility index (Phi) is 5.82. The average Bonchev–Trinajstić information content (AvgIpc) is 2.46. The fourth-order valence-electron chi connectivity index (χ4n) is 2.64. The molecule has 1 aliphatic heterocycles. The number of nitrogens with zero attached hydrogens (tertiary/aromatic N) is 1. The van der Waals surface area contributed by atoms with Gasteiger partial charge in [0.15, 0.2) is 0 Å². The number of hydrogen-bond acceptors (Lipinski definition) is 3. The Morgan fingerprint density at radius 3 is 3.10 bits per heavy atom. The molecule has 1 N–H and O–H groups in total. The first kappa shape index (κ1) is 16.0. The van der Waals surface area contributed by atoms with Crippen molar-refractivity contribution in [2.24, 2.45) is 0 Å². The van der Waals surface area contributed by atoms with Crippen LogP contribution in [0.4, 0.5) is 5.69 Å². The molecule has 0 aliphatic carbocycles. The molecule has 0 saturated carbocycles. The van der Waals surface area contributed by atoms with Crippen molar-refractivity contribution in [3.8, 4) is 0 Å². The standard InChI is InChI=1S/C16H20BrNO3/c1-2-21-14-4-3-9-18(11-14)15-7-6-13(17)10-12(15)5-8-16(19)20/h5-8,10,14H,2-4,9,11H2,1H3,(H,19,20)/b8-5+. The molecule has 1 heterocycles. The highest BCUT2D eigenvalue weighted by Gasteiger charge is 2.21. The third-order valence-electron chi connectivity index (χ3n) is 3.52. The van der Waals surface area contributed by atoms with Crippen molar-refractivity contribution in [3.63, 3.8) is 0 Å². The highest BCUT2D eigenvalue weighted by Crippen LogP contribution is 2.29. The van der Waals surface area contributed by atoms with Gasteiger partial charge >= 0.3 is 5.97 Å². The lowest BCUT2D eigenvalue weighted by atomic mass is 10.0. The molecular weight excluding hydrogens is 334 g/mol. The van der Waals surface area contributed by atoms with Crippen molar-refractivity contribution in [2.45, 2.75) is 25.9 Å². The molecule has 1 saturated heterocycles. The number of aliphatic carboxylic acids is 1. The van der Waals surface area contributed by atoms with Gasteiger partial charge in [0.05, 0.1) is 6.10 Å². The predicted molar refractivity (Wildman–Crippen MR) is 87.7 cm³/mol. The lowest BCUT2D eigenvalue weighted by Gasteiger charge is -2.35. The molecule has 0 radical (unpaired) electrons. The number of rotatable bonds is 5. The molecular formula is C16H20BrNO3. The summed E-state index contributed by atoms with van der Waals surface area (Å²) >= 11 is 3.44. The lowest BCUT2D eigenvalue weighted by Crippen LogP contribution is -2.40. The van der Waals surface area contributed by atoms with Crippen molar-refractivity contribution >= 4 is 33.7 Å². The second-order valence-electron chi connectivity index (χ2n) is 5.04. The summed E-state index contributed by atoms with van der Waals surface area (Å²) in [5.41, 5.74) is 1.96. The molecule has 1 aromatic carbocycles. The Morgan fingerprint density at radius 1 is 1.57 bits per heavy atom. The highest BCUT2D eigenvalue weighted by atomic mass is 79.9. The number of benzene rings is 1. The van der Waals surface area contributed by atoms with Gasteiger partial charge < -0.3 is 14.7 Å². The van der Waals surface area contributed by atoms with E-state index in [2.05, 4.69) is 20.8 Å². The van der Waals surface area contributed by atoms with E-state index in [0.29, 0.717) is 0 Å². The monoisotopic (exact) mass is 353 g/mol. The van der Waals surface area contributed by atoms with Gasteiger partial charge in [-0.25, -0.2) is 4.79 Å². The van der Waals surface area contributed by atoms with E-state index in [1.54, 1.807) is 6.08 Å². The quantitative estimate of drug-likeness (QED) is 0.822. The minimum atomic E-state index is -0.938.